The molecule has 4 heteroatoms. The lowest BCUT2D eigenvalue weighted by Gasteiger charge is -2.16. The van der Waals surface area contributed by atoms with E-state index in [1.807, 2.05) is 6.92 Å². The van der Waals surface area contributed by atoms with Gasteiger partial charge in [-0.2, -0.15) is 0 Å². The molecule has 0 aromatic carbocycles. The summed E-state index contributed by atoms with van der Waals surface area (Å²) in [5, 5.41) is 6.23. The minimum absolute atomic E-state index is 0.0224. The molecule has 1 aromatic rings. The Morgan fingerprint density at radius 2 is 2.05 bits per heavy atom. The topological polar surface area (TPSA) is 42.0 Å². The average molecular weight is 280 g/mol. The van der Waals surface area contributed by atoms with Gasteiger partial charge in [-0.25, -0.2) is 4.98 Å². The Labute approximate surface area is 119 Å². The highest BCUT2D eigenvalue weighted by atomic mass is 32.1. The van der Waals surface area contributed by atoms with E-state index in [0.717, 1.165) is 23.5 Å². The summed E-state index contributed by atoms with van der Waals surface area (Å²) in [6.07, 6.45) is 4.48. The number of carbonyl (C=O) groups is 1. The van der Waals surface area contributed by atoms with E-state index in [1.54, 1.807) is 11.3 Å². The van der Waals surface area contributed by atoms with E-state index in [9.17, 15) is 4.79 Å². The highest BCUT2D eigenvalue weighted by Crippen LogP contribution is 2.28. The molecule has 0 bridgehead atoms. The molecule has 1 heterocycles. The number of nitrogens with one attached hydrogen (secondary N) is 1. The van der Waals surface area contributed by atoms with Crippen molar-refractivity contribution in [3.8, 4) is 0 Å². The highest BCUT2D eigenvalue weighted by Gasteiger charge is 2.25. The maximum Gasteiger partial charge on any atom is 0.223 e. The van der Waals surface area contributed by atoms with Gasteiger partial charge in [-0.1, -0.05) is 33.6 Å². The van der Waals surface area contributed by atoms with E-state index in [4.69, 9.17) is 0 Å². The lowest BCUT2D eigenvalue weighted by molar-refractivity contribution is -0.125. The fraction of sp³-hybridized carbons (Fsp3) is 0.733. The smallest absolute Gasteiger partial charge is 0.223 e. The molecule has 1 aliphatic carbocycles. The number of amides is 1. The lowest BCUT2D eigenvalue weighted by atomic mass is 9.93. The first-order valence-electron chi connectivity index (χ1n) is 7.14. The molecular weight excluding hydrogens is 256 g/mol. The van der Waals surface area contributed by atoms with Gasteiger partial charge in [0.2, 0.25) is 5.91 Å². The fourth-order valence-corrected chi connectivity index (χ4v) is 3.46. The van der Waals surface area contributed by atoms with Gasteiger partial charge in [0.1, 0.15) is 5.01 Å². The van der Waals surface area contributed by atoms with Crippen molar-refractivity contribution in [2.24, 2.45) is 5.92 Å². The monoisotopic (exact) mass is 280 g/mol. The van der Waals surface area contributed by atoms with E-state index in [2.05, 4.69) is 36.5 Å². The Kier molecular flexibility index (Phi) is 4.29. The molecule has 0 spiro atoms. The number of aromatic nitrogens is 1. The standard InChI is InChI=1S/C15H24N2OS/c1-10(16-13(18)11-7-5-6-8-11)14-17-12(9-19-14)15(2,3)4/h9-11H,5-8H2,1-4H3,(H,16,18)/t10-/m0/s1. The van der Waals surface area contributed by atoms with Crippen molar-refractivity contribution in [1.82, 2.24) is 10.3 Å². The number of nitrogens with zero attached hydrogens (tertiary/aromatic N) is 1. The first kappa shape index (κ1) is 14.5. The van der Waals surface area contributed by atoms with Gasteiger partial charge in [0.05, 0.1) is 11.7 Å². The van der Waals surface area contributed by atoms with Crippen molar-refractivity contribution in [2.45, 2.75) is 64.8 Å². The van der Waals surface area contributed by atoms with E-state index in [-0.39, 0.29) is 23.3 Å². The van der Waals surface area contributed by atoms with Crippen LogP contribution in [0.15, 0.2) is 5.38 Å². The predicted molar refractivity (Wildman–Crippen MR) is 79.3 cm³/mol. The summed E-state index contributed by atoms with van der Waals surface area (Å²) in [7, 11) is 0. The average Bonchev–Trinajstić information content (AvgIpc) is 3.00. The number of hydrogen-bond donors (Lipinski definition) is 1. The van der Waals surface area contributed by atoms with Crippen LogP contribution in [0, 0.1) is 5.92 Å². The van der Waals surface area contributed by atoms with E-state index >= 15 is 0 Å². The van der Waals surface area contributed by atoms with Gasteiger partial charge in [0.25, 0.3) is 0 Å². The third kappa shape index (κ3) is 3.56. The minimum Gasteiger partial charge on any atom is -0.347 e. The summed E-state index contributed by atoms with van der Waals surface area (Å²) in [6.45, 7) is 8.51. The van der Waals surface area contributed by atoms with Gasteiger partial charge < -0.3 is 5.32 Å². The van der Waals surface area contributed by atoms with Gasteiger partial charge in [0.15, 0.2) is 0 Å². The second-order valence-corrected chi connectivity index (χ2v) is 7.42. The zero-order valence-corrected chi connectivity index (χ0v) is 13.1. The fourth-order valence-electron chi connectivity index (χ4n) is 2.41. The van der Waals surface area contributed by atoms with Crippen LogP contribution in [0.4, 0.5) is 0 Å². The highest BCUT2D eigenvalue weighted by molar-refractivity contribution is 7.09. The molecule has 0 aliphatic heterocycles. The molecule has 106 valence electrons. The van der Waals surface area contributed by atoms with Crippen LogP contribution < -0.4 is 5.32 Å². The molecule has 1 saturated carbocycles. The third-order valence-electron chi connectivity index (χ3n) is 3.75. The van der Waals surface area contributed by atoms with Crippen molar-refractivity contribution in [3.63, 3.8) is 0 Å². The molecule has 1 aromatic heterocycles. The van der Waals surface area contributed by atoms with E-state index in [1.165, 1.54) is 12.8 Å². The zero-order valence-electron chi connectivity index (χ0n) is 12.3. The summed E-state index contributed by atoms with van der Waals surface area (Å²) < 4.78 is 0. The van der Waals surface area contributed by atoms with Crippen LogP contribution in [0.3, 0.4) is 0 Å². The number of hydrogen-bond acceptors (Lipinski definition) is 3. The van der Waals surface area contributed by atoms with Gasteiger partial charge in [-0.05, 0) is 19.8 Å². The molecule has 1 aliphatic rings. The van der Waals surface area contributed by atoms with Crippen LogP contribution in [0.1, 0.15) is 70.1 Å². The van der Waals surface area contributed by atoms with Crippen LogP contribution >= 0.6 is 11.3 Å². The number of carbonyl (C=O) groups excluding carboxylic acids is 1. The van der Waals surface area contributed by atoms with Crippen LogP contribution in [0.25, 0.3) is 0 Å². The molecule has 0 unspecified atom stereocenters. The van der Waals surface area contributed by atoms with Crippen molar-refractivity contribution in [2.75, 3.05) is 0 Å². The quantitative estimate of drug-likeness (QED) is 0.915. The maximum absolute atomic E-state index is 12.1. The molecule has 0 saturated heterocycles. The first-order valence-corrected chi connectivity index (χ1v) is 8.02. The van der Waals surface area contributed by atoms with Crippen LogP contribution in [-0.2, 0) is 10.2 Å². The summed E-state index contributed by atoms with van der Waals surface area (Å²) in [5.74, 6) is 0.432. The van der Waals surface area contributed by atoms with Gasteiger partial charge in [-0.15, -0.1) is 11.3 Å². The molecule has 1 N–H and O–H groups in total. The molecule has 1 atom stereocenters. The van der Waals surface area contributed by atoms with Crippen LogP contribution in [0.2, 0.25) is 0 Å². The molecule has 19 heavy (non-hydrogen) atoms. The van der Waals surface area contributed by atoms with E-state index < -0.39 is 0 Å². The summed E-state index contributed by atoms with van der Waals surface area (Å²) in [5.41, 5.74) is 1.18. The lowest BCUT2D eigenvalue weighted by Crippen LogP contribution is -2.31. The molecule has 3 nitrogen and oxygen atoms in total. The number of thiazole rings is 1. The largest absolute Gasteiger partial charge is 0.347 e. The molecule has 0 radical (unpaired) electrons. The molecule has 2 rings (SSSR count). The third-order valence-corrected chi connectivity index (χ3v) is 4.77. The minimum atomic E-state index is 0.0224. The Morgan fingerprint density at radius 3 is 2.58 bits per heavy atom. The Bertz CT molecular complexity index is 441. The summed E-state index contributed by atoms with van der Waals surface area (Å²) in [4.78, 5) is 16.8. The summed E-state index contributed by atoms with van der Waals surface area (Å²) in [6, 6.07) is 0.0224. The second kappa shape index (κ2) is 5.61. The SMILES string of the molecule is C[C@H](NC(=O)C1CCCC1)c1nc(C(C)(C)C)cs1. The Hall–Kier alpha value is -0.900. The van der Waals surface area contributed by atoms with Crippen molar-refractivity contribution >= 4 is 17.2 Å². The van der Waals surface area contributed by atoms with Gasteiger partial charge in [-0.3, -0.25) is 4.79 Å². The van der Waals surface area contributed by atoms with Crippen molar-refractivity contribution in [1.29, 1.82) is 0 Å². The van der Waals surface area contributed by atoms with Gasteiger partial charge >= 0.3 is 0 Å². The molecular formula is C15H24N2OS. The number of rotatable bonds is 3. The predicted octanol–water partition coefficient (Wildman–Crippen LogP) is 3.81. The Morgan fingerprint density at radius 1 is 1.42 bits per heavy atom. The van der Waals surface area contributed by atoms with Crippen molar-refractivity contribution in [3.05, 3.63) is 16.1 Å². The molecule has 1 fully saturated rings. The zero-order chi connectivity index (χ0) is 14.0. The second-order valence-electron chi connectivity index (χ2n) is 6.53. The van der Waals surface area contributed by atoms with Crippen LogP contribution in [0.5, 0.6) is 0 Å². The normalized spacial score (nSPS) is 18.5. The van der Waals surface area contributed by atoms with Crippen LogP contribution in [-0.4, -0.2) is 10.9 Å². The first-order chi connectivity index (χ1) is 8.88. The molecule has 1 amide bonds. The Balaban J connectivity index is 1.97. The van der Waals surface area contributed by atoms with Gasteiger partial charge in [0, 0.05) is 16.7 Å². The maximum atomic E-state index is 12.1. The summed E-state index contributed by atoms with van der Waals surface area (Å²) >= 11 is 1.64. The van der Waals surface area contributed by atoms with Crippen molar-refractivity contribution < 1.29 is 4.79 Å². The van der Waals surface area contributed by atoms with E-state index in [0.29, 0.717) is 0 Å².